The first-order valence-corrected chi connectivity index (χ1v) is 7.16. The number of aromatic nitrogens is 2. The van der Waals surface area contributed by atoms with Gasteiger partial charge in [0.1, 0.15) is 5.82 Å². The highest BCUT2D eigenvalue weighted by Crippen LogP contribution is 2.28. The maximum atomic E-state index is 11.7. The quantitative estimate of drug-likeness (QED) is 0.851. The minimum absolute atomic E-state index is 0.194. The van der Waals surface area contributed by atoms with Crippen LogP contribution < -0.4 is 5.56 Å². The number of aromatic amines is 1. The normalized spacial score (nSPS) is 10.6. The average Bonchev–Trinajstić information content (AvgIpc) is 2.37. The highest BCUT2D eigenvalue weighted by molar-refractivity contribution is 7.98. The smallest absolute Gasteiger partial charge is 0.257 e. The van der Waals surface area contributed by atoms with Gasteiger partial charge in [-0.1, -0.05) is 30.7 Å². The molecule has 0 fully saturated rings. The Balaban J connectivity index is 2.17. The second kappa shape index (κ2) is 6.12. The van der Waals surface area contributed by atoms with Crippen LogP contribution in [0.2, 0.25) is 5.02 Å². The second-order valence-electron chi connectivity index (χ2n) is 3.89. The fraction of sp³-hybridized carbons (Fsp3) is 0.231. The van der Waals surface area contributed by atoms with Crippen LogP contribution in [0.15, 0.2) is 34.0 Å². The largest absolute Gasteiger partial charge is 0.493 e. The van der Waals surface area contributed by atoms with Gasteiger partial charge in [0.2, 0.25) is 5.88 Å². The molecule has 0 atom stereocenters. The summed E-state index contributed by atoms with van der Waals surface area (Å²) < 4.78 is 0. The lowest BCUT2D eigenvalue weighted by Gasteiger charge is -2.05. The van der Waals surface area contributed by atoms with Gasteiger partial charge in [-0.2, -0.15) is 4.98 Å². The van der Waals surface area contributed by atoms with Crippen molar-refractivity contribution in [3.63, 3.8) is 0 Å². The molecule has 1 aromatic heterocycles. The van der Waals surface area contributed by atoms with E-state index in [2.05, 4.69) is 9.97 Å². The number of aromatic hydroxyl groups is 1. The van der Waals surface area contributed by atoms with Crippen molar-refractivity contribution >= 4 is 23.4 Å². The van der Waals surface area contributed by atoms with Crippen molar-refractivity contribution in [1.29, 1.82) is 0 Å². The van der Waals surface area contributed by atoms with Crippen molar-refractivity contribution in [3.05, 3.63) is 51.0 Å². The molecule has 2 rings (SSSR count). The number of thioether (sulfide) groups is 1. The molecular weight excluding hydrogens is 284 g/mol. The topological polar surface area (TPSA) is 66.0 Å². The summed E-state index contributed by atoms with van der Waals surface area (Å²) in [5.41, 5.74) is 0.0243. The van der Waals surface area contributed by atoms with Crippen LogP contribution in [0.1, 0.15) is 18.3 Å². The van der Waals surface area contributed by atoms with Gasteiger partial charge in [-0.05, 0) is 18.6 Å². The SMILES string of the molecule is CCc1c(O)nc(CSc2ccccc2Cl)[nH]c1=O. The zero-order chi connectivity index (χ0) is 13.8. The van der Waals surface area contributed by atoms with Crippen LogP contribution in [-0.2, 0) is 12.2 Å². The van der Waals surface area contributed by atoms with Crippen LogP contribution >= 0.6 is 23.4 Å². The van der Waals surface area contributed by atoms with Crippen molar-refractivity contribution in [1.82, 2.24) is 9.97 Å². The molecule has 0 aliphatic heterocycles. The van der Waals surface area contributed by atoms with E-state index in [-0.39, 0.29) is 11.4 Å². The Bertz CT molecular complexity index is 643. The van der Waals surface area contributed by atoms with Crippen LogP contribution in [0, 0.1) is 0 Å². The van der Waals surface area contributed by atoms with Gasteiger partial charge in [-0.15, -0.1) is 11.8 Å². The highest BCUT2D eigenvalue weighted by Gasteiger charge is 2.09. The molecule has 4 nitrogen and oxygen atoms in total. The summed E-state index contributed by atoms with van der Waals surface area (Å²) in [6.07, 6.45) is 0.450. The number of nitrogens with zero attached hydrogens (tertiary/aromatic N) is 1. The van der Waals surface area contributed by atoms with E-state index >= 15 is 0 Å². The number of H-pyrrole nitrogens is 1. The predicted octanol–water partition coefficient (Wildman–Crippen LogP) is 2.98. The van der Waals surface area contributed by atoms with Crippen molar-refractivity contribution in [2.75, 3.05) is 0 Å². The van der Waals surface area contributed by atoms with Crippen molar-refractivity contribution in [2.24, 2.45) is 0 Å². The van der Waals surface area contributed by atoms with E-state index in [4.69, 9.17) is 11.6 Å². The Kier molecular flexibility index (Phi) is 4.50. The average molecular weight is 297 g/mol. The summed E-state index contributed by atoms with van der Waals surface area (Å²) in [5.74, 6) is 0.682. The van der Waals surface area contributed by atoms with E-state index in [1.807, 2.05) is 18.2 Å². The zero-order valence-corrected chi connectivity index (χ0v) is 11.9. The van der Waals surface area contributed by atoms with Gasteiger partial charge in [0.15, 0.2) is 0 Å². The van der Waals surface area contributed by atoms with Gasteiger partial charge in [0.05, 0.1) is 16.3 Å². The third-order valence-corrected chi connectivity index (χ3v) is 4.12. The minimum atomic E-state index is -0.287. The molecule has 0 amide bonds. The number of nitrogens with one attached hydrogen (secondary N) is 1. The van der Waals surface area contributed by atoms with Crippen LogP contribution in [0.5, 0.6) is 5.88 Å². The lowest BCUT2D eigenvalue weighted by atomic mass is 10.2. The minimum Gasteiger partial charge on any atom is -0.493 e. The molecule has 0 saturated heterocycles. The molecule has 0 aliphatic rings. The molecule has 19 heavy (non-hydrogen) atoms. The molecule has 6 heteroatoms. The number of rotatable bonds is 4. The molecule has 1 heterocycles. The first-order valence-electron chi connectivity index (χ1n) is 5.80. The zero-order valence-electron chi connectivity index (χ0n) is 10.3. The van der Waals surface area contributed by atoms with Gasteiger partial charge >= 0.3 is 0 Å². The molecule has 2 N–H and O–H groups in total. The lowest BCUT2D eigenvalue weighted by Crippen LogP contribution is -2.15. The Labute approximate surface area is 119 Å². The third kappa shape index (κ3) is 3.30. The fourth-order valence-electron chi connectivity index (χ4n) is 1.63. The standard InChI is InChI=1S/C13H13ClN2O2S/c1-2-8-12(17)15-11(16-13(8)18)7-19-10-6-4-3-5-9(10)14/h3-6H,2,7H2,1H3,(H2,15,16,17,18). The summed E-state index contributed by atoms with van der Waals surface area (Å²) in [6, 6.07) is 7.44. The molecule has 0 unspecified atom stereocenters. The molecule has 0 radical (unpaired) electrons. The molecule has 0 spiro atoms. The number of hydrogen-bond acceptors (Lipinski definition) is 4. The molecule has 2 aromatic rings. The fourth-order valence-corrected chi connectivity index (χ4v) is 2.74. The van der Waals surface area contributed by atoms with Crippen LogP contribution in [0.4, 0.5) is 0 Å². The Morgan fingerprint density at radius 3 is 2.79 bits per heavy atom. The summed E-state index contributed by atoms with van der Waals surface area (Å²) in [5, 5.41) is 10.3. The summed E-state index contributed by atoms with van der Waals surface area (Å²) in [4.78, 5) is 19.2. The summed E-state index contributed by atoms with van der Waals surface area (Å²) in [7, 11) is 0. The van der Waals surface area contributed by atoms with E-state index in [1.165, 1.54) is 11.8 Å². The molecule has 100 valence electrons. The number of benzene rings is 1. The van der Waals surface area contributed by atoms with Gasteiger partial charge < -0.3 is 10.1 Å². The molecule has 0 bridgehead atoms. The van der Waals surface area contributed by atoms with Crippen LogP contribution in [0.25, 0.3) is 0 Å². The van der Waals surface area contributed by atoms with Gasteiger partial charge in [0.25, 0.3) is 5.56 Å². The van der Waals surface area contributed by atoms with E-state index in [9.17, 15) is 9.90 Å². The summed E-state index contributed by atoms with van der Waals surface area (Å²) in [6.45, 7) is 1.80. The van der Waals surface area contributed by atoms with Crippen molar-refractivity contribution in [2.45, 2.75) is 24.0 Å². The first kappa shape index (κ1) is 14.0. The molecule has 1 aromatic carbocycles. The maximum absolute atomic E-state index is 11.7. The first-order chi connectivity index (χ1) is 9.11. The molecule has 0 saturated carbocycles. The van der Waals surface area contributed by atoms with Gasteiger partial charge in [-0.25, -0.2) is 0 Å². The van der Waals surface area contributed by atoms with E-state index in [0.717, 1.165) is 4.90 Å². The van der Waals surface area contributed by atoms with E-state index < -0.39 is 0 Å². The Morgan fingerprint density at radius 2 is 2.16 bits per heavy atom. The monoisotopic (exact) mass is 296 g/mol. The highest BCUT2D eigenvalue weighted by atomic mass is 35.5. The molecule has 0 aliphatic carbocycles. The van der Waals surface area contributed by atoms with Gasteiger partial charge in [-0.3, -0.25) is 4.79 Å². The number of halogens is 1. The van der Waals surface area contributed by atoms with Crippen LogP contribution in [0.3, 0.4) is 0 Å². The van der Waals surface area contributed by atoms with Crippen molar-refractivity contribution < 1.29 is 5.11 Å². The van der Waals surface area contributed by atoms with E-state index in [0.29, 0.717) is 28.6 Å². The van der Waals surface area contributed by atoms with Crippen molar-refractivity contribution in [3.8, 4) is 5.88 Å². The third-order valence-electron chi connectivity index (χ3n) is 2.60. The predicted molar refractivity (Wildman–Crippen MR) is 76.9 cm³/mol. The van der Waals surface area contributed by atoms with Crippen LogP contribution in [-0.4, -0.2) is 15.1 Å². The second-order valence-corrected chi connectivity index (χ2v) is 5.31. The Hall–Kier alpha value is -1.46. The molecular formula is C13H13ClN2O2S. The maximum Gasteiger partial charge on any atom is 0.257 e. The summed E-state index contributed by atoms with van der Waals surface area (Å²) >= 11 is 7.49. The van der Waals surface area contributed by atoms with E-state index in [1.54, 1.807) is 13.0 Å². The van der Waals surface area contributed by atoms with Gasteiger partial charge in [0, 0.05) is 4.90 Å². The lowest BCUT2D eigenvalue weighted by molar-refractivity contribution is 0.441. The number of hydrogen-bond donors (Lipinski definition) is 2. The Morgan fingerprint density at radius 1 is 1.42 bits per heavy atom.